The van der Waals surface area contributed by atoms with Crippen molar-refractivity contribution in [3.63, 3.8) is 0 Å². The minimum absolute atomic E-state index is 0.0452. The fourth-order valence-corrected chi connectivity index (χ4v) is 6.92. The highest BCUT2D eigenvalue weighted by Gasteiger charge is 2.37. The number of pyridine rings is 1. The Hall–Kier alpha value is -4.31. The molecule has 47 heavy (non-hydrogen) atoms. The van der Waals surface area contributed by atoms with Crippen LogP contribution < -0.4 is 20.5 Å². The van der Waals surface area contributed by atoms with Gasteiger partial charge in [-0.05, 0) is 127 Å². The molecule has 1 aliphatic rings. The van der Waals surface area contributed by atoms with Crippen molar-refractivity contribution in [2.75, 3.05) is 24.7 Å². The summed E-state index contributed by atoms with van der Waals surface area (Å²) in [6.45, 7) is 14.5. The molecule has 1 heterocycles. The number of anilines is 1. The van der Waals surface area contributed by atoms with Gasteiger partial charge in [-0.1, -0.05) is 12.1 Å². The summed E-state index contributed by atoms with van der Waals surface area (Å²) >= 11 is 0. The number of nitrogens with zero attached hydrogens (tertiary/aromatic N) is 2. The van der Waals surface area contributed by atoms with Crippen LogP contribution in [-0.4, -0.2) is 69.5 Å². The molecule has 1 saturated carbocycles. The summed E-state index contributed by atoms with van der Waals surface area (Å²) in [5, 5.41) is 22.1. The van der Waals surface area contributed by atoms with Crippen LogP contribution in [0.15, 0.2) is 47.3 Å². The number of carbonyl (C=O) groups is 2. The van der Waals surface area contributed by atoms with Gasteiger partial charge in [-0.15, -0.1) is 0 Å². The highest BCUT2D eigenvalue weighted by atomic mass is 16.5. The van der Waals surface area contributed by atoms with E-state index in [1.807, 2.05) is 77.9 Å². The molecule has 0 aliphatic heterocycles. The van der Waals surface area contributed by atoms with E-state index in [1.165, 1.54) is 0 Å². The molecule has 0 unspecified atom stereocenters. The number of aromatic amines is 1. The molecule has 0 spiro atoms. The van der Waals surface area contributed by atoms with E-state index in [4.69, 9.17) is 9.84 Å². The highest BCUT2D eigenvalue weighted by molar-refractivity contribution is 5.99. The van der Waals surface area contributed by atoms with Crippen molar-refractivity contribution >= 4 is 17.7 Å². The van der Waals surface area contributed by atoms with Crippen LogP contribution in [-0.2, 0) is 6.54 Å². The zero-order chi connectivity index (χ0) is 34.5. The predicted octanol–water partition coefficient (Wildman–Crippen LogP) is 6.18. The fraction of sp³-hybridized carbons (Fsp3) is 0.486. The maximum Gasteiger partial charge on any atom is 0.407 e. The van der Waals surface area contributed by atoms with Gasteiger partial charge < -0.3 is 35.1 Å². The zero-order valence-corrected chi connectivity index (χ0v) is 28.8. The van der Waals surface area contributed by atoms with E-state index in [0.29, 0.717) is 23.4 Å². The zero-order valence-electron chi connectivity index (χ0n) is 28.8. The smallest absolute Gasteiger partial charge is 0.407 e. The standard InChI is InChI=1S/C37H50N4O6/c1-8-40(28-11-13-29(14-12-28)41(36(45)46)37(5,6)7)33-21-27(26-9-15-30(16-10-26)47-18-17-42)20-31(25(33)4)34(43)38-22-32-23(2)19-24(3)39-35(32)44/h9-10,15-16,19-21,28-29,42H,8,11-14,17-18,22H2,1-7H3,(H,38,43)(H,39,44)(H,45,46)/t28-,29-. The van der Waals surface area contributed by atoms with Crippen molar-refractivity contribution < 1.29 is 24.5 Å². The summed E-state index contributed by atoms with van der Waals surface area (Å²) in [4.78, 5) is 45.4. The Balaban J connectivity index is 1.68. The van der Waals surface area contributed by atoms with Crippen LogP contribution in [0.4, 0.5) is 10.5 Å². The molecule has 4 N–H and O–H groups in total. The van der Waals surface area contributed by atoms with Crippen LogP contribution in [0.25, 0.3) is 11.1 Å². The number of benzene rings is 2. The van der Waals surface area contributed by atoms with Crippen molar-refractivity contribution in [3.8, 4) is 16.9 Å². The topological polar surface area (TPSA) is 135 Å². The van der Waals surface area contributed by atoms with Crippen molar-refractivity contribution in [1.82, 2.24) is 15.2 Å². The lowest BCUT2D eigenvalue weighted by molar-refractivity contribution is 0.0545. The number of aliphatic hydroxyl groups is 1. The van der Waals surface area contributed by atoms with Crippen LogP contribution in [0, 0.1) is 20.8 Å². The molecule has 0 radical (unpaired) electrons. The van der Waals surface area contributed by atoms with Crippen molar-refractivity contribution in [3.05, 3.63) is 80.8 Å². The van der Waals surface area contributed by atoms with Gasteiger partial charge >= 0.3 is 6.09 Å². The second kappa shape index (κ2) is 15.1. The summed E-state index contributed by atoms with van der Waals surface area (Å²) in [5.41, 5.74) is 5.51. The first-order valence-electron chi connectivity index (χ1n) is 16.5. The first-order valence-corrected chi connectivity index (χ1v) is 16.5. The molecule has 2 amide bonds. The van der Waals surface area contributed by atoms with Gasteiger partial charge in [0.1, 0.15) is 12.4 Å². The Morgan fingerprint density at radius 2 is 1.62 bits per heavy atom. The van der Waals surface area contributed by atoms with Crippen LogP contribution in [0.2, 0.25) is 0 Å². The lowest BCUT2D eigenvalue weighted by Crippen LogP contribution is -2.53. The van der Waals surface area contributed by atoms with E-state index in [9.17, 15) is 19.5 Å². The molecule has 0 bridgehead atoms. The Kier molecular flexibility index (Phi) is 11.4. The molecule has 0 saturated heterocycles. The second-order valence-corrected chi connectivity index (χ2v) is 13.5. The van der Waals surface area contributed by atoms with E-state index in [2.05, 4.69) is 28.2 Å². The fourth-order valence-electron chi connectivity index (χ4n) is 6.92. The molecule has 1 aromatic heterocycles. The Bertz CT molecular complexity index is 1620. The quantitative estimate of drug-likeness (QED) is 0.195. The number of amides is 2. The van der Waals surface area contributed by atoms with Crippen molar-refractivity contribution in [2.45, 2.75) is 98.3 Å². The first-order chi connectivity index (χ1) is 22.2. The molecule has 4 rings (SSSR count). The Morgan fingerprint density at radius 3 is 2.17 bits per heavy atom. The molecular weight excluding hydrogens is 596 g/mol. The Labute approximate surface area is 277 Å². The summed E-state index contributed by atoms with van der Waals surface area (Å²) in [7, 11) is 0. The third-order valence-electron chi connectivity index (χ3n) is 9.14. The number of rotatable bonds is 11. The van der Waals surface area contributed by atoms with E-state index >= 15 is 0 Å². The lowest BCUT2D eigenvalue weighted by atomic mass is 9.86. The van der Waals surface area contributed by atoms with Crippen molar-refractivity contribution in [2.24, 2.45) is 0 Å². The van der Waals surface area contributed by atoms with Crippen LogP contribution in [0.5, 0.6) is 5.75 Å². The molecule has 2 aromatic carbocycles. The molecule has 254 valence electrons. The molecule has 0 atom stereocenters. The van der Waals surface area contributed by atoms with Crippen molar-refractivity contribution in [1.29, 1.82) is 0 Å². The normalized spacial score (nSPS) is 16.4. The first kappa shape index (κ1) is 35.5. The lowest BCUT2D eigenvalue weighted by Gasteiger charge is -2.45. The number of aromatic nitrogens is 1. The Morgan fingerprint density at radius 1 is 0.979 bits per heavy atom. The molecule has 1 aliphatic carbocycles. The highest BCUT2D eigenvalue weighted by Crippen LogP contribution is 2.37. The van der Waals surface area contributed by atoms with E-state index in [0.717, 1.165) is 59.3 Å². The average Bonchev–Trinajstić information content (AvgIpc) is 3.00. The SMILES string of the molecule is CCN(c1cc(-c2ccc(OCCO)cc2)cc(C(=O)NCc2c(C)cc(C)[nH]c2=O)c1C)[C@H]1CC[C@H](N(C(=O)O)C(C)(C)C)CC1. The summed E-state index contributed by atoms with van der Waals surface area (Å²) in [6, 6.07) is 13.6. The van der Waals surface area contributed by atoms with Gasteiger partial charge in [0.2, 0.25) is 0 Å². The summed E-state index contributed by atoms with van der Waals surface area (Å²) in [5.74, 6) is 0.374. The van der Waals surface area contributed by atoms with Gasteiger partial charge in [-0.25, -0.2) is 4.79 Å². The second-order valence-electron chi connectivity index (χ2n) is 13.5. The largest absolute Gasteiger partial charge is 0.491 e. The monoisotopic (exact) mass is 646 g/mol. The van der Waals surface area contributed by atoms with Gasteiger partial charge in [0.05, 0.1) is 6.61 Å². The third-order valence-corrected chi connectivity index (χ3v) is 9.14. The third kappa shape index (κ3) is 8.35. The van der Waals surface area contributed by atoms with E-state index < -0.39 is 11.6 Å². The number of carbonyl (C=O) groups excluding carboxylic acids is 1. The number of aryl methyl sites for hydroxylation is 2. The van der Waals surface area contributed by atoms with Crippen LogP contribution in [0.3, 0.4) is 0 Å². The van der Waals surface area contributed by atoms with Gasteiger partial charge in [-0.2, -0.15) is 0 Å². The number of carboxylic acid groups (broad SMARTS) is 1. The predicted molar refractivity (Wildman–Crippen MR) is 186 cm³/mol. The number of hydrogen-bond acceptors (Lipinski definition) is 6. The van der Waals surface area contributed by atoms with E-state index in [1.54, 1.807) is 4.90 Å². The molecular formula is C37H50N4O6. The summed E-state index contributed by atoms with van der Waals surface area (Å²) in [6.07, 6.45) is 2.29. The van der Waals surface area contributed by atoms with Gasteiger partial charge in [0, 0.05) is 53.2 Å². The maximum absolute atomic E-state index is 13.9. The number of ether oxygens (including phenoxy) is 1. The van der Waals surface area contributed by atoms with Crippen LogP contribution in [0.1, 0.15) is 86.1 Å². The van der Waals surface area contributed by atoms with E-state index in [-0.39, 0.29) is 43.3 Å². The average molecular weight is 647 g/mol. The number of nitrogens with one attached hydrogen (secondary N) is 2. The minimum Gasteiger partial charge on any atom is -0.491 e. The minimum atomic E-state index is -0.886. The molecule has 3 aromatic rings. The molecule has 10 nitrogen and oxygen atoms in total. The maximum atomic E-state index is 13.9. The number of H-pyrrole nitrogens is 1. The summed E-state index contributed by atoms with van der Waals surface area (Å²) < 4.78 is 5.56. The number of aliphatic hydroxyl groups excluding tert-OH is 1. The van der Waals surface area contributed by atoms with Crippen LogP contribution >= 0.6 is 0 Å². The van der Waals surface area contributed by atoms with Gasteiger partial charge in [0.15, 0.2) is 0 Å². The molecule has 10 heteroatoms. The number of hydrogen-bond donors (Lipinski definition) is 4. The molecule has 1 fully saturated rings. The van der Waals surface area contributed by atoms with Gasteiger partial charge in [-0.3, -0.25) is 9.59 Å². The van der Waals surface area contributed by atoms with Gasteiger partial charge in [0.25, 0.3) is 11.5 Å².